The summed E-state index contributed by atoms with van der Waals surface area (Å²) >= 11 is 1.84. The average molecular weight is 303 g/mol. The second-order valence-electron chi connectivity index (χ2n) is 5.25. The van der Waals surface area contributed by atoms with Gasteiger partial charge in [0.2, 0.25) is 0 Å². The molecule has 2 nitrogen and oxygen atoms in total. The van der Waals surface area contributed by atoms with Gasteiger partial charge in [-0.05, 0) is 42.8 Å². The standard InChI is InChI=1S/C18H25NOS/c1-3-13-19-17(12-11-16-10-7-14-21-16)18(20-2)15-8-5-4-6-9-15/h4-10,14,17-19H,3,11-13H2,1-2H3. The summed E-state index contributed by atoms with van der Waals surface area (Å²) in [4.78, 5) is 1.45. The maximum Gasteiger partial charge on any atom is 0.0974 e. The van der Waals surface area contributed by atoms with E-state index < -0.39 is 0 Å². The normalized spacial score (nSPS) is 14.0. The van der Waals surface area contributed by atoms with Crippen LogP contribution in [0.15, 0.2) is 47.8 Å². The number of nitrogens with one attached hydrogen (secondary N) is 1. The molecule has 0 amide bonds. The monoisotopic (exact) mass is 303 g/mol. The first kappa shape index (κ1) is 16.2. The van der Waals surface area contributed by atoms with Crippen LogP contribution in [0.1, 0.15) is 36.3 Å². The van der Waals surface area contributed by atoms with Crippen molar-refractivity contribution in [1.29, 1.82) is 0 Å². The second-order valence-corrected chi connectivity index (χ2v) is 6.28. The van der Waals surface area contributed by atoms with Crippen molar-refractivity contribution in [3.63, 3.8) is 0 Å². The average Bonchev–Trinajstić information content (AvgIpc) is 3.04. The molecule has 2 atom stereocenters. The van der Waals surface area contributed by atoms with Crippen LogP contribution < -0.4 is 5.32 Å². The lowest BCUT2D eigenvalue weighted by Gasteiger charge is -2.27. The lowest BCUT2D eigenvalue weighted by Crippen LogP contribution is -2.36. The molecule has 1 heterocycles. The van der Waals surface area contributed by atoms with Crippen LogP contribution in [0.5, 0.6) is 0 Å². The van der Waals surface area contributed by atoms with Crippen molar-refractivity contribution >= 4 is 11.3 Å². The van der Waals surface area contributed by atoms with Gasteiger partial charge in [-0.1, -0.05) is 43.3 Å². The summed E-state index contributed by atoms with van der Waals surface area (Å²) in [6.45, 7) is 3.23. The minimum atomic E-state index is 0.109. The minimum absolute atomic E-state index is 0.109. The van der Waals surface area contributed by atoms with Gasteiger partial charge in [-0.2, -0.15) is 0 Å². The molecule has 0 spiro atoms. The number of ether oxygens (including phenoxy) is 1. The number of benzene rings is 1. The zero-order valence-electron chi connectivity index (χ0n) is 12.9. The Kier molecular flexibility index (Phi) is 6.93. The van der Waals surface area contributed by atoms with E-state index in [1.165, 1.54) is 10.4 Å². The highest BCUT2D eigenvalue weighted by molar-refractivity contribution is 7.09. The predicted molar refractivity (Wildman–Crippen MR) is 90.9 cm³/mol. The fourth-order valence-corrected chi connectivity index (χ4v) is 3.34. The molecule has 21 heavy (non-hydrogen) atoms. The smallest absolute Gasteiger partial charge is 0.0974 e. The van der Waals surface area contributed by atoms with Crippen LogP contribution in [-0.4, -0.2) is 19.7 Å². The number of methoxy groups -OCH3 is 1. The zero-order chi connectivity index (χ0) is 14.9. The maximum atomic E-state index is 5.81. The number of hydrogen-bond donors (Lipinski definition) is 1. The van der Waals surface area contributed by atoms with Gasteiger partial charge in [0.1, 0.15) is 0 Å². The summed E-state index contributed by atoms with van der Waals surface area (Å²) in [5, 5.41) is 5.81. The van der Waals surface area contributed by atoms with E-state index in [-0.39, 0.29) is 6.10 Å². The van der Waals surface area contributed by atoms with E-state index in [0.717, 1.165) is 25.8 Å². The van der Waals surface area contributed by atoms with Crippen molar-refractivity contribution in [2.24, 2.45) is 0 Å². The zero-order valence-corrected chi connectivity index (χ0v) is 13.7. The molecule has 3 heteroatoms. The number of rotatable bonds is 9. The third kappa shape index (κ3) is 4.95. The summed E-state index contributed by atoms with van der Waals surface area (Å²) in [5.41, 5.74) is 1.25. The van der Waals surface area contributed by atoms with Crippen LogP contribution in [0.3, 0.4) is 0 Å². The van der Waals surface area contributed by atoms with Gasteiger partial charge in [-0.3, -0.25) is 0 Å². The van der Waals surface area contributed by atoms with E-state index in [4.69, 9.17) is 4.74 Å². The van der Waals surface area contributed by atoms with Crippen molar-refractivity contribution in [1.82, 2.24) is 5.32 Å². The van der Waals surface area contributed by atoms with Gasteiger partial charge >= 0.3 is 0 Å². The molecule has 0 aliphatic carbocycles. The first-order valence-corrected chi connectivity index (χ1v) is 8.56. The Balaban J connectivity index is 2.05. The molecule has 0 saturated carbocycles. The molecule has 0 fully saturated rings. The number of aryl methyl sites for hydroxylation is 1. The summed E-state index contributed by atoms with van der Waals surface area (Å²) in [6.07, 6.45) is 3.44. The highest BCUT2D eigenvalue weighted by Gasteiger charge is 2.22. The van der Waals surface area contributed by atoms with E-state index in [2.05, 4.69) is 60.1 Å². The van der Waals surface area contributed by atoms with Gasteiger partial charge in [-0.15, -0.1) is 11.3 Å². The van der Waals surface area contributed by atoms with Gasteiger partial charge in [0, 0.05) is 18.0 Å². The van der Waals surface area contributed by atoms with Crippen molar-refractivity contribution < 1.29 is 4.74 Å². The predicted octanol–water partition coefficient (Wildman–Crippen LogP) is 4.44. The molecular formula is C18H25NOS. The highest BCUT2D eigenvalue weighted by atomic mass is 32.1. The van der Waals surface area contributed by atoms with E-state index >= 15 is 0 Å². The summed E-state index contributed by atoms with van der Waals surface area (Å²) in [6, 6.07) is 15.2. The largest absolute Gasteiger partial charge is 0.375 e. The SMILES string of the molecule is CCCNC(CCc1cccs1)C(OC)c1ccccc1. The van der Waals surface area contributed by atoms with Crippen LogP contribution in [0.2, 0.25) is 0 Å². The third-order valence-electron chi connectivity index (χ3n) is 3.69. The molecule has 1 aromatic heterocycles. The van der Waals surface area contributed by atoms with Crippen molar-refractivity contribution in [3.8, 4) is 0 Å². The Bertz CT molecular complexity index is 483. The van der Waals surface area contributed by atoms with Gasteiger partial charge in [0.15, 0.2) is 0 Å². The van der Waals surface area contributed by atoms with Crippen LogP contribution in [0.25, 0.3) is 0 Å². The van der Waals surface area contributed by atoms with E-state index in [1.54, 1.807) is 0 Å². The number of thiophene rings is 1. The summed E-state index contributed by atoms with van der Waals surface area (Å²) < 4.78 is 5.81. The van der Waals surface area contributed by atoms with Gasteiger partial charge in [-0.25, -0.2) is 0 Å². The lowest BCUT2D eigenvalue weighted by atomic mass is 9.97. The van der Waals surface area contributed by atoms with Crippen molar-refractivity contribution in [3.05, 3.63) is 58.3 Å². The fourth-order valence-electron chi connectivity index (χ4n) is 2.62. The van der Waals surface area contributed by atoms with Crippen molar-refractivity contribution in [2.75, 3.05) is 13.7 Å². The Morgan fingerprint density at radius 2 is 1.95 bits per heavy atom. The third-order valence-corrected chi connectivity index (χ3v) is 4.62. The lowest BCUT2D eigenvalue weighted by molar-refractivity contribution is 0.0651. The molecule has 1 N–H and O–H groups in total. The minimum Gasteiger partial charge on any atom is -0.375 e. The summed E-state index contributed by atoms with van der Waals surface area (Å²) in [7, 11) is 1.81. The highest BCUT2D eigenvalue weighted by Crippen LogP contribution is 2.24. The van der Waals surface area contributed by atoms with E-state index in [9.17, 15) is 0 Å². The molecule has 0 bridgehead atoms. The van der Waals surface area contributed by atoms with Gasteiger partial charge in [0.05, 0.1) is 6.10 Å². The molecule has 0 radical (unpaired) electrons. The Morgan fingerprint density at radius 3 is 2.57 bits per heavy atom. The van der Waals surface area contributed by atoms with E-state index in [1.807, 2.05) is 18.4 Å². The van der Waals surface area contributed by atoms with Crippen LogP contribution in [0, 0.1) is 0 Å². The Morgan fingerprint density at radius 1 is 1.14 bits per heavy atom. The van der Waals surface area contributed by atoms with Crippen LogP contribution in [-0.2, 0) is 11.2 Å². The Labute approximate surface area is 132 Å². The topological polar surface area (TPSA) is 21.3 Å². The molecule has 2 aromatic rings. The molecule has 1 aromatic carbocycles. The fraction of sp³-hybridized carbons (Fsp3) is 0.444. The molecule has 0 saturated heterocycles. The van der Waals surface area contributed by atoms with E-state index in [0.29, 0.717) is 6.04 Å². The Hall–Kier alpha value is -1.16. The van der Waals surface area contributed by atoms with Crippen LogP contribution >= 0.6 is 11.3 Å². The maximum absolute atomic E-state index is 5.81. The molecule has 114 valence electrons. The van der Waals surface area contributed by atoms with Gasteiger partial charge < -0.3 is 10.1 Å². The second kappa shape index (κ2) is 8.98. The molecule has 2 rings (SSSR count). The molecular weight excluding hydrogens is 278 g/mol. The molecule has 2 unspecified atom stereocenters. The number of hydrogen-bond acceptors (Lipinski definition) is 3. The summed E-state index contributed by atoms with van der Waals surface area (Å²) in [5.74, 6) is 0. The molecule has 0 aliphatic heterocycles. The van der Waals surface area contributed by atoms with Gasteiger partial charge in [0.25, 0.3) is 0 Å². The van der Waals surface area contributed by atoms with Crippen LogP contribution in [0.4, 0.5) is 0 Å². The molecule has 0 aliphatic rings. The van der Waals surface area contributed by atoms with Crippen molar-refractivity contribution in [2.45, 2.75) is 38.3 Å². The first-order valence-electron chi connectivity index (χ1n) is 7.68. The quantitative estimate of drug-likeness (QED) is 0.739. The first-order chi connectivity index (χ1) is 10.3.